The maximum Gasteiger partial charge on any atom is 0.271 e. The van der Waals surface area contributed by atoms with Crippen LogP contribution in [0, 0.1) is 0 Å². The van der Waals surface area contributed by atoms with Gasteiger partial charge in [0.25, 0.3) is 5.91 Å². The topological polar surface area (TPSA) is 76.7 Å². The summed E-state index contributed by atoms with van der Waals surface area (Å²) in [6, 6.07) is 15.2. The molecule has 1 aliphatic carbocycles. The van der Waals surface area contributed by atoms with Gasteiger partial charge in [0, 0.05) is 12.6 Å². The summed E-state index contributed by atoms with van der Waals surface area (Å²) >= 11 is 0. The van der Waals surface area contributed by atoms with Gasteiger partial charge in [0.05, 0.1) is 25.6 Å². The third-order valence-electron chi connectivity index (χ3n) is 7.18. The van der Waals surface area contributed by atoms with Gasteiger partial charge in [0.2, 0.25) is 5.91 Å². The van der Waals surface area contributed by atoms with E-state index in [1.807, 2.05) is 60.0 Å². The van der Waals surface area contributed by atoms with Crippen molar-refractivity contribution >= 4 is 11.8 Å². The van der Waals surface area contributed by atoms with Crippen molar-refractivity contribution < 1.29 is 18.7 Å². The number of ether oxygens (including phenoxy) is 1. The zero-order chi connectivity index (χ0) is 23.7. The molecule has 2 aromatic heterocycles. The average molecular weight is 462 g/mol. The molecule has 2 aliphatic rings. The third-order valence-corrected chi connectivity index (χ3v) is 7.18. The Bertz CT molecular complexity index is 1180. The molecule has 0 saturated heterocycles. The molecule has 178 valence electrons. The fourth-order valence-corrected chi connectivity index (χ4v) is 5.20. The van der Waals surface area contributed by atoms with Crippen LogP contribution in [0.4, 0.5) is 0 Å². The average Bonchev–Trinajstić information content (AvgIpc) is 3.52. The molecule has 7 heteroatoms. The lowest BCUT2D eigenvalue weighted by molar-refractivity contribution is -0.134. The molecule has 1 aliphatic heterocycles. The number of hydrogen-bond donors (Lipinski definition) is 1. The summed E-state index contributed by atoms with van der Waals surface area (Å²) in [5.41, 5.74) is 1.20. The lowest BCUT2D eigenvalue weighted by atomic mass is 9.91. The molecule has 1 N–H and O–H groups in total. The summed E-state index contributed by atoms with van der Waals surface area (Å²) < 4.78 is 12.9. The molecule has 1 unspecified atom stereocenters. The van der Waals surface area contributed by atoms with E-state index in [4.69, 9.17) is 9.15 Å². The van der Waals surface area contributed by atoms with Crippen LogP contribution in [0.3, 0.4) is 0 Å². The number of amides is 2. The molecule has 0 radical (unpaired) electrons. The Morgan fingerprint density at radius 3 is 2.65 bits per heavy atom. The van der Waals surface area contributed by atoms with E-state index in [0.717, 1.165) is 42.7 Å². The smallest absolute Gasteiger partial charge is 0.271 e. The van der Waals surface area contributed by atoms with E-state index in [-0.39, 0.29) is 17.9 Å². The lowest BCUT2D eigenvalue weighted by Crippen LogP contribution is -2.64. The molecule has 0 bridgehead atoms. The highest BCUT2D eigenvalue weighted by molar-refractivity contribution is 6.00. The van der Waals surface area contributed by atoms with E-state index in [9.17, 15) is 9.59 Å². The van der Waals surface area contributed by atoms with Gasteiger partial charge >= 0.3 is 0 Å². The Morgan fingerprint density at radius 1 is 1.12 bits per heavy atom. The summed E-state index contributed by atoms with van der Waals surface area (Å²) in [6.07, 6.45) is 7.04. The zero-order valence-electron chi connectivity index (χ0n) is 19.8. The number of rotatable bonds is 6. The van der Waals surface area contributed by atoms with Crippen molar-refractivity contribution in [2.75, 3.05) is 7.11 Å². The number of carbonyl (C=O) groups excluding carboxylic acids is 2. The maximum absolute atomic E-state index is 13.8. The van der Waals surface area contributed by atoms with Gasteiger partial charge in [0.15, 0.2) is 0 Å². The SMILES string of the molecule is COc1cccc(CN2C(=O)c3ccc(-c4ccco4)n3CC2(C)C(=O)NC2CCCCC2)c1. The number of furan rings is 1. The number of fused-ring (bicyclic) bond motifs is 1. The number of aromatic nitrogens is 1. The summed E-state index contributed by atoms with van der Waals surface area (Å²) in [7, 11) is 1.62. The second-order valence-corrected chi connectivity index (χ2v) is 9.49. The van der Waals surface area contributed by atoms with Crippen LogP contribution < -0.4 is 10.1 Å². The quantitative estimate of drug-likeness (QED) is 0.581. The Labute approximate surface area is 199 Å². The number of nitrogens with one attached hydrogen (secondary N) is 1. The fourth-order valence-electron chi connectivity index (χ4n) is 5.20. The fraction of sp³-hybridized carbons (Fsp3) is 0.407. The standard InChI is InChI=1S/C27H31N3O4/c1-27(26(32)28-20-9-4-3-5-10-20)18-29-22(24-12-7-15-34-24)13-14-23(29)25(31)30(27)17-19-8-6-11-21(16-19)33-2/h6-8,11-16,20H,3-5,9-10,17-18H2,1-2H3,(H,28,32). The van der Waals surface area contributed by atoms with Crippen LogP contribution in [-0.4, -0.2) is 40.0 Å². The van der Waals surface area contributed by atoms with E-state index in [1.54, 1.807) is 18.3 Å². The van der Waals surface area contributed by atoms with Crippen LogP contribution in [0.15, 0.2) is 59.2 Å². The van der Waals surface area contributed by atoms with Crippen molar-refractivity contribution in [3.63, 3.8) is 0 Å². The lowest BCUT2D eigenvalue weighted by Gasteiger charge is -2.45. The molecule has 5 rings (SSSR count). The first-order chi connectivity index (χ1) is 16.5. The van der Waals surface area contributed by atoms with Crippen molar-refractivity contribution in [2.45, 2.75) is 63.7 Å². The van der Waals surface area contributed by atoms with E-state index in [2.05, 4.69) is 5.32 Å². The van der Waals surface area contributed by atoms with Crippen LogP contribution in [0.1, 0.15) is 55.1 Å². The van der Waals surface area contributed by atoms with Crippen LogP contribution in [-0.2, 0) is 17.9 Å². The predicted molar refractivity (Wildman–Crippen MR) is 128 cm³/mol. The molecular weight excluding hydrogens is 430 g/mol. The van der Waals surface area contributed by atoms with E-state index in [1.165, 1.54) is 6.42 Å². The number of nitrogens with zero attached hydrogens (tertiary/aromatic N) is 2. The highest BCUT2D eigenvalue weighted by atomic mass is 16.5. The third kappa shape index (κ3) is 4.00. The Morgan fingerprint density at radius 2 is 1.91 bits per heavy atom. The molecule has 34 heavy (non-hydrogen) atoms. The zero-order valence-corrected chi connectivity index (χ0v) is 19.8. The van der Waals surface area contributed by atoms with Gasteiger partial charge in [-0.3, -0.25) is 9.59 Å². The van der Waals surface area contributed by atoms with Gasteiger partial charge in [-0.25, -0.2) is 0 Å². The van der Waals surface area contributed by atoms with Gasteiger partial charge < -0.3 is 23.9 Å². The first-order valence-corrected chi connectivity index (χ1v) is 12.0. The van der Waals surface area contributed by atoms with E-state index in [0.29, 0.717) is 24.5 Å². The van der Waals surface area contributed by atoms with Crippen molar-refractivity contribution in [1.82, 2.24) is 14.8 Å². The number of benzene rings is 1. The van der Waals surface area contributed by atoms with Gasteiger partial charge in [-0.1, -0.05) is 31.4 Å². The van der Waals surface area contributed by atoms with E-state index < -0.39 is 5.54 Å². The Balaban J connectivity index is 1.52. The molecule has 0 spiro atoms. The highest BCUT2D eigenvalue weighted by Crippen LogP contribution is 2.35. The molecule has 3 heterocycles. The second kappa shape index (κ2) is 9.05. The van der Waals surface area contributed by atoms with Gasteiger partial charge in [0.1, 0.15) is 22.7 Å². The van der Waals surface area contributed by atoms with Crippen LogP contribution in [0.25, 0.3) is 11.5 Å². The van der Waals surface area contributed by atoms with Gasteiger partial charge in [-0.05, 0) is 61.7 Å². The molecule has 1 atom stereocenters. The molecule has 1 fully saturated rings. The van der Waals surface area contributed by atoms with Crippen LogP contribution in [0.5, 0.6) is 5.75 Å². The normalized spacial score (nSPS) is 20.8. The minimum absolute atomic E-state index is 0.111. The molecule has 7 nitrogen and oxygen atoms in total. The number of methoxy groups -OCH3 is 1. The minimum Gasteiger partial charge on any atom is -0.497 e. The summed E-state index contributed by atoms with van der Waals surface area (Å²) in [6.45, 7) is 2.53. The van der Waals surface area contributed by atoms with Gasteiger partial charge in [-0.2, -0.15) is 0 Å². The summed E-state index contributed by atoms with van der Waals surface area (Å²) in [4.78, 5) is 29.4. The summed E-state index contributed by atoms with van der Waals surface area (Å²) in [5, 5.41) is 3.27. The molecule has 1 aromatic carbocycles. The minimum atomic E-state index is -1.06. The molecule has 3 aromatic rings. The Kier molecular flexibility index (Phi) is 5.94. The first kappa shape index (κ1) is 22.3. The predicted octanol–water partition coefficient (Wildman–Crippen LogP) is 4.62. The summed E-state index contributed by atoms with van der Waals surface area (Å²) in [5.74, 6) is 1.11. The van der Waals surface area contributed by atoms with Crippen molar-refractivity contribution in [3.05, 3.63) is 66.1 Å². The van der Waals surface area contributed by atoms with Crippen LogP contribution >= 0.6 is 0 Å². The number of hydrogen-bond acceptors (Lipinski definition) is 4. The van der Waals surface area contributed by atoms with Crippen molar-refractivity contribution in [3.8, 4) is 17.2 Å². The first-order valence-electron chi connectivity index (χ1n) is 12.0. The molecule has 2 amide bonds. The Hall–Kier alpha value is -3.48. The van der Waals surface area contributed by atoms with Crippen molar-refractivity contribution in [2.24, 2.45) is 0 Å². The van der Waals surface area contributed by atoms with E-state index >= 15 is 0 Å². The maximum atomic E-state index is 13.8. The monoisotopic (exact) mass is 461 g/mol. The van der Waals surface area contributed by atoms with Gasteiger partial charge in [-0.15, -0.1) is 0 Å². The highest BCUT2D eigenvalue weighted by Gasteiger charge is 2.48. The van der Waals surface area contributed by atoms with Crippen LogP contribution in [0.2, 0.25) is 0 Å². The van der Waals surface area contributed by atoms with Crippen molar-refractivity contribution in [1.29, 1.82) is 0 Å². The second-order valence-electron chi connectivity index (χ2n) is 9.49. The largest absolute Gasteiger partial charge is 0.497 e. The molecular formula is C27H31N3O4. The molecule has 1 saturated carbocycles. The number of carbonyl (C=O) groups is 2.